The third-order valence-electron chi connectivity index (χ3n) is 5.05. The lowest BCUT2D eigenvalue weighted by molar-refractivity contribution is 0.262. The fraction of sp³-hybridized carbons (Fsp3) is 0.545. The van der Waals surface area contributed by atoms with Crippen molar-refractivity contribution < 1.29 is 13.2 Å². The first kappa shape index (κ1) is 26.1. The Bertz CT molecular complexity index is 811. The van der Waals surface area contributed by atoms with E-state index in [0.717, 1.165) is 42.0 Å². The Morgan fingerprint density at radius 3 is 1.87 bits per heavy atom. The Labute approximate surface area is 199 Å². The van der Waals surface area contributed by atoms with Gasteiger partial charge >= 0.3 is 0 Å². The SMILES string of the molecule is Cc1ncc(Br)cc1F.Cc1ncc(Br)cc1N1CCC(F)CC1.FC1CCNCC1. The molecule has 2 saturated heterocycles. The van der Waals surface area contributed by atoms with Crippen LogP contribution in [0, 0.1) is 19.7 Å². The summed E-state index contributed by atoms with van der Waals surface area (Å²) in [6, 6.07) is 3.45. The summed E-state index contributed by atoms with van der Waals surface area (Å²) in [5.74, 6) is -0.274. The van der Waals surface area contributed by atoms with Gasteiger partial charge in [-0.3, -0.25) is 9.97 Å². The molecule has 0 bridgehead atoms. The van der Waals surface area contributed by atoms with Crippen molar-refractivity contribution in [3.63, 3.8) is 0 Å². The van der Waals surface area contributed by atoms with Crippen molar-refractivity contribution in [3.8, 4) is 0 Å². The van der Waals surface area contributed by atoms with Crippen LogP contribution in [0.2, 0.25) is 0 Å². The summed E-state index contributed by atoms with van der Waals surface area (Å²) in [6.07, 6.45) is 4.89. The van der Waals surface area contributed by atoms with Crippen LogP contribution in [0.4, 0.5) is 18.9 Å². The maximum atomic E-state index is 13.0. The molecule has 1 N–H and O–H groups in total. The average molecular weight is 566 g/mol. The Morgan fingerprint density at radius 1 is 0.871 bits per heavy atom. The maximum absolute atomic E-state index is 13.0. The van der Waals surface area contributed by atoms with Gasteiger partial charge in [-0.2, -0.15) is 0 Å². The molecule has 0 unspecified atom stereocenters. The molecular formula is C22H29Br2F3N4. The van der Waals surface area contributed by atoms with Crippen molar-refractivity contribution in [2.45, 2.75) is 51.9 Å². The highest BCUT2D eigenvalue weighted by atomic mass is 79.9. The van der Waals surface area contributed by atoms with Crippen molar-refractivity contribution in [1.82, 2.24) is 15.3 Å². The minimum absolute atomic E-state index is 0.274. The molecule has 0 amide bonds. The van der Waals surface area contributed by atoms with Gasteiger partial charge in [-0.1, -0.05) is 0 Å². The molecule has 31 heavy (non-hydrogen) atoms. The van der Waals surface area contributed by atoms with Crippen LogP contribution in [0.15, 0.2) is 33.5 Å². The highest BCUT2D eigenvalue weighted by Crippen LogP contribution is 2.26. The number of aryl methyl sites for hydroxylation is 2. The van der Waals surface area contributed by atoms with E-state index in [0.29, 0.717) is 35.8 Å². The number of piperidine rings is 2. The molecule has 2 aliphatic heterocycles. The highest BCUT2D eigenvalue weighted by molar-refractivity contribution is 9.10. The lowest BCUT2D eigenvalue weighted by atomic mass is 10.1. The zero-order valence-electron chi connectivity index (χ0n) is 17.9. The van der Waals surface area contributed by atoms with Gasteiger partial charge in [-0.25, -0.2) is 13.2 Å². The van der Waals surface area contributed by atoms with E-state index in [-0.39, 0.29) is 5.82 Å². The number of rotatable bonds is 1. The Balaban J connectivity index is 0.000000181. The van der Waals surface area contributed by atoms with Gasteiger partial charge in [0.1, 0.15) is 18.2 Å². The van der Waals surface area contributed by atoms with Crippen molar-refractivity contribution in [2.75, 3.05) is 31.1 Å². The molecule has 0 aromatic carbocycles. The van der Waals surface area contributed by atoms with Crippen molar-refractivity contribution in [3.05, 3.63) is 50.7 Å². The topological polar surface area (TPSA) is 41.1 Å². The van der Waals surface area contributed by atoms with Crippen LogP contribution in [-0.2, 0) is 0 Å². The van der Waals surface area contributed by atoms with Gasteiger partial charge in [0.2, 0.25) is 0 Å². The van der Waals surface area contributed by atoms with Crippen LogP contribution in [-0.4, -0.2) is 48.5 Å². The number of halogens is 5. The van der Waals surface area contributed by atoms with Gasteiger partial charge in [0.25, 0.3) is 0 Å². The van der Waals surface area contributed by atoms with Crippen LogP contribution >= 0.6 is 31.9 Å². The van der Waals surface area contributed by atoms with E-state index in [1.807, 2.05) is 6.92 Å². The standard InChI is InChI=1S/C11H14BrFN2.C6H5BrFN.C5H10FN/c1-8-11(6-9(12)7-14-8)15-4-2-10(13)3-5-15;1-4-6(8)2-5(7)3-9-4;6-5-1-3-7-4-2-5/h6-7,10H,2-5H2,1H3;2-3H,1H3;5,7H,1-4H2. The molecule has 0 aliphatic carbocycles. The number of hydrogen-bond donors (Lipinski definition) is 1. The van der Waals surface area contributed by atoms with Crippen molar-refractivity contribution >= 4 is 37.5 Å². The van der Waals surface area contributed by atoms with Crippen LogP contribution in [0.3, 0.4) is 0 Å². The van der Waals surface area contributed by atoms with E-state index < -0.39 is 12.3 Å². The quantitative estimate of drug-likeness (QED) is 0.454. The zero-order chi connectivity index (χ0) is 22.8. The minimum Gasteiger partial charge on any atom is -0.370 e. The maximum Gasteiger partial charge on any atom is 0.145 e. The Hall–Kier alpha value is -1.19. The summed E-state index contributed by atoms with van der Waals surface area (Å²) in [6.45, 7) is 6.92. The largest absolute Gasteiger partial charge is 0.370 e. The number of hydrogen-bond acceptors (Lipinski definition) is 4. The lowest BCUT2D eigenvalue weighted by Gasteiger charge is -2.31. The van der Waals surface area contributed by atoms with Crippen molar-refractivity contribution in [1.29, 1.82) is 0 Å². The number of anilines is 1. The third-order valence-corrected chi connectivity index (χ3v) is 5.92. The van der Waals surface area contributed by atoms with Gasteiger partial charge in [0, 0.05) is 34.4 Å². The molecule has 2 aromatic heterocycles. The number of nitrogens with one attached hydrogen (secondary N) is 1. The number of aromatic nitrogens is 2. The Morgan fingerprint density at radius 2 is 1.39 bits per heavy atom. The van der Waals surface area contributed by atoms with E-state index in [9.17, 15) is 13.2 Å². The van der Waals surface area contributed by atoms with E-state index in [2.05, 4.69) is 58.1 Å². The van der Waals surface area contributed by atoms with Gasteiger partial charge in [-0.15, -0.1) is 0 Å². The smallest absolute Gasteiger partial charge is 0.145 e. The molecule has 0 atom stereocenters. The fourth-order valence-corrected chi connectivity index (χ4v) is 3.80. The van der Waals surface area contributed by atoms with Gasteiger partial charge in [0.05, 0.1) is 17.1 Å². The first-order valence-electron chi connectivity index (χ1n) is 10.4. The van der Waals surface area contributed by atoms with E-state index in [4.69, 9.17) is 0 Å². The van der Waals surface area contributed by atoms with Crippen LogP contribution < -0.4 is 10.2 Å². The molecule has 2 aromatic rings. The highest BCUT2D eigenvalue weighted by Gasteiger charge is 2.20. The van der Waals surface area contributed by atoms with Gasteiger partial charge in [-0.05, 0) is 96.6 Å². The monoisotopic (exact) mass is 564 g/mol. The second-order valence-electron chi connectivity index (χ2n) is 7.57. The minimum atomic E-state index is -0.623. The van der Waals surface area contributed by atoms with Crippen molar-refractivity contribution in [2.24, 2.45) is 0 Å². The molecule has 2 fully saturated rings. The summed E-state index contributed by atoms with van der Waals surface area (Å²) in [7, 11) is 0. The Kier molecular flexibility index (Phi) is 11.2. The zero-order valence-corrected chi connectivity index (χ0v) is 21.0. The molecular weight excluding hydrogens is 537 g/mol. The van der Waals surface area contributed by atoms with E-state index >= 15 is 0 Å². The molecule has 0 radical (unpaired) electrons. The summed E-state index contributed by atoms with van der Waals surface area (Å²) < 4.78 is 39.3. The van der Waals surface area contributed by atoms with E-state index in [1.165, 1.54) is 6.07 Å². The average Bonchev–Trinajstić information content (AvgIpc) is 2.75. The molecule has 4 heterocycles. The summed E-state index contributed by atoms with van der Waals surface area (Å²) in [5.41, 5.74) is 2.56. The molecule has 4 nitrogen and oxygen atoms in total. The molecule has 172 valence electrons. The lowest BCUT2D eigenvalue weighted by Crippen LogP contribution is -2.34. The fourth-order valence-electron chi connectivity index (χ4n) is 3.18. The molecule has 0 spiro atoms. The van der Waals surface area contributed by atoms with E-state index in [1.54, 1.807) is 19.3 Å². The second kappa shape index (κ2) is 13.4. The van der Waals surface area contributed by atoms with Crippen LogP contribution in [0.25, 0.3) is 0 Å². The summed E-state index contributed by atoms with van der Waals surface area (Å²) >= 11 is 6.51. The number of alkyl halides is 2. The predicted octanol–water partition coefficient (Wildman–Crippen LogP) is 6.09. The number of nitrogens with zero attached hydrogens (tertiary/aromatic N) is 3. The first-order chi connectivity index (χ1) is 14.8. The van der Waals surface area contributed by atoms with Gasteiger partial charge < -0.3 is 10.2 Å². The van der Waals surface area contributed by atoms with Crippen LogP contribution in [0.1, 0.15) is 37.1 Å². The van der Waals surface area contributed by atoms with Gasteiger partial charge in [0.15, 0.2) is 0 Å². The summed E-state index contributed by atoms with van der Waals surface area (Å²) in [4.78, 5) is 10.3. The molecule has 4 rings (SSSR count). The molecule has 9 heteroatoms. The molecule has 2 aliphatic rings. The summed E-state index contributed by atoms with van der Waals surface area (Å²) in [5, 5.41) is 3.08. The first-order valence-corrected chi connectivity index (χ1v) is 12.0. The molecule has 0 saturated carbocycles. The third kappa shape index (κ3) is 9.45. The predicted molar refractivity (Wildman–Crippen MR) is 127 cm³/mol. The second-order valence-corrected chi connectivity index (χ2v) is 9.40. The normalized spacial score (nSPS) is 17.3. The van der Waals surface area contributed by atoms with Crippen LogP contribution in [0.5, 0.6) is 0 Å². The number of pyridine rings is 2.